The van der Waals surface area contributed by atoms with E-state index < -0.39 is 0 Å². The number of allylic oxidation sites excluding steroid dienone is 1. The molecule has 0 saturated carbocycles. The van der Waals surface area contributed by atoms with E-state index in [4.69, 9.17) is 4.98 Å². The lowest BCUT2D eigenvalue weighted by Crippen LogP contribution is -2.43. The summed E-state index contributed by atoms with van der Waals surface area (Å²) in [6.45, 7) is 7.98. The van der Waals surface area contributed by atoms with Crippen molar-refractivity contribution in [3.63, 3.8) is 0 Å². The molecule has 5 heterocycles. The first kappa shape index (κ1) is 22.4. The summed E-state index contributed by atoms with van der Waals surface area (Å²) in [5, 5.41) is 10.1. The topological polar surface area (TPSA) is 104 Å². The van der Waals surface area contributed by atoms with Crippen LogP contribution in [0.25, 0.3) is 11.3 Å². The van der Waals surface area contributed by atoms with Gasteiger partial charge in [0, 0.05) is 86.6 Å². The van der Waals surface area contributed by atoms with E-state index >= 15 is 0 Å². The fourth-order valence-corrected chi connectivity index (χ4v) is 3.95. The Balaban J connectivity index is 1.44. The van der Waals surface area contributed by atoms with Crippen molar-refractivity contribution in [2.24, 2.45) is 0 Å². The molecular formula is C26H27N9. The average molecular weight is 466 g/mol. The van der Waals surface area contributed by atoms with Gasteiger partial charge in [-0.2, -0.15) is 0 Å². The molecule has 5 rings (SSSR count). The maximum Gasteiger partial charge on any atom is 0.150 e. The highest BCUT2D eigenvalue weighted by atomic mass is 15.2. The van der Waals surface area contributed by atoms with Crippen molar-refractivity contribution in [3.05, 3.63) is 91.4 Å². The van der Waals surface area contributed by atoms with Gasteiger partial charge in [-0.3, -0.25) is 9.97 Å². The molecule has 0 aliphatic carbocycles. The second kappa shape index (κ2) is 10.7. The molecule has 0 bridgehead atoms. The normalized spacial score (nSPS) is 13.3. The van der Waals surface area contributed by atoms with Gasteiger partial charge in [0.2, 0.25) is 0 Å². The molecule has 1 saturated heterocycles. The van der Waals surface area contributed by atoms with Crippen LogP contribution in [0.5, 0.6) is 0 Å². The van der Waals surface area contributed by atoms with Crippen molar-refractivity contribution in [1.29, 1.82) is 0 Å². The number of anilines is 4. The second-order valence-electron chi connectivity index (χ2n) is 8.25. The van der Waals surface area contributed by atoms with Crippen molar-refractivity contribution in [3.8, 4) is 11.3 Å². The summed E-state index contributed by atoms with van der Waals surface area (Å²) in [5.74, 6) is 2.22. The monoisotopic (exact) mass is 465 g/mol. The maximum atomic E-state index is 4.86. The Hall–Kier alpha value is -4.37. The number of hydrogen-bond acceptors (Lipinski definition) is 9. The van der Waals surface area contributed by atoms with E-state index in [0.717, 1.165) is 60.2 Å². The van der Waals surface area contributed by atoms with E-state index in [1.54, 1.807) is 24.8 Å². The lowest BCUT2D eigenvalue weighted by Gasteiger charge is -2.28. The fraction of sp³-hybridized carbons (Fsp3) is 0.192. The molecule has 0 amide bonds. The third-order valence-electron chi connectivity index (χ3n) is 5.59. The van der Waals surface area contributed by atoms with Crippen LogP contribution in [0.2, 0.25) is 0 Å². The molecule has 176 valence electrons. The van der Waals surface area contributed by atoms with Crippen LogP contribution >= 0.6 is 0 Å². The van der Waals surface area contributed by atoms with Crippen LogP contribution in [0.3, 0.4) is 0 Å². The van der Waals surface area contributed by atoms with Crippen LogP contribution in [0.4, 0.5) is 23.1 Å². The molecule has 1 fully saturated rings. The van der Waals surface area contributed by atoms with Gasteiger partial charge in [0.15, 0.2) is 0 Å². The predicted octanol–water partition coefficient (Wildman–Crippen LogP) is 3.65. The van der Waals surface area contributed by atoms with Gasteiger partial charge in [-0.25, -0.2) is 15.0 Å². The van der Waals surface area contributed by atoms with Gasteiger partial charge < -0.3 is 20.9 Å². The molecule has 0 atom stereocenters. The zero-order chi connectivity index (χ0) is 23.9. The van der Waals surface area contributed by atoms with Crippen LogP contribution in [0.1, 0.15) is 5.56 Å². The summed E-state index contributed by atoms with van der Waals surface area (Å²) >= 11 is 0. The highest BCUT2D eigenvalue weighted by Crippen LogP contribution is 2.28. The van der Waals surface area contributed by atoms with Crippen LogP contribution in [0.15, 0.2) is 85.9 Å². The number of nitrogens with zero attached hydrogens (tertiary/aromatic N) is 6. The number of hydrogen-bond donors (Lipinski definition) is 3. The molecule has 35 heavy (non-hydrogen) atoms. The first-order valence-corrected chi connectivity index (χ1v) is 11.5. The van der Waals surface area contributed by atoms with Crippen molar-refractivity contribution < 1.29 is 0 Å². The zero-order valence-electron chi connectivity index (χ0n) is 19.4. The molecule has 0 unspecified atom stereocenters. The minimum atomic E-state index is 0.619. The summed E-state index contributed by atoms with van der Waals surface area (Å²) in [5.41, 5.74) is 4.62. The molecule has 4 aromatic heterocycles. The fourth-order valence-electron chi connectivity index (χ4n) is 3.95. The van der Waals surface area contributed by atoms with E-state index in [-0.39, 0.29) is 0 Å². The molecule has 1 aliphatic heterocycles. The van der Waals surface area contributed by atoms with E-state index in [9.17, 15) is 0 Å². The summed E-state index contributed by atoms with van der Waals surface area (Å²) in [6.07, 6.45) is 11.1. The van der Waals surface area contributed by atoms with Gasteiger partial charge in [-0.05, 0) is 29.8 Å². The standard InChI is InChI=1S/C26H27N9/c1-19(13-20-3-2-5-28-17-20)32-22-15-23(33-24(16-22)34-25-18-29-7-8-30-25)21-4-6-31-26(14-21)35-11-9-27-10-12-35/h2-8,14-18,27H,1,9-13H2,(H2,30,32,33,34). The summed E-state index contributed by atoms with van der Waals surface area (Å²) in [6, 6.07) is 12.0. The minimum Gasteiger partial charge on any atom is -0.359 e. The van der Waals surface area contributed by atoms with Gasteiger partial charge in [0.05, 0.1) is 11.9 Å². The third kappa shape index (κ3) is 5.96. The van der Waals surface area contributed by atoms with Crippen LogP contribution in [-0.4, -0.2) is 51.1 Å². The number of pyridine rings is 3. The van der Waals surface area contributed by atoms with E-state index in [2.05, 4.69) is 53.4 Å². The van der Waals surface area contributed by atoms with Gasteiger partial charge >= 0.3 is 0 Å². The van der Waals surface area contributed by atoms with E-state index in [1.165, 1.54) is 0 Å². The Morgan fingerprint density at radius 1 is 0.943 bits per heavy atom. The van der Waals surface area contributed by atoms with Crippen LogP contribution in [0, 0.1) is 0 Å². The number of piperazine rings is 1. The highest BCUT2D eigenvalue weighted by Gasteiger charge is 2.14. The molecule has 9 nitrogen and oxygen atoms in total. The molecule has 3 N–H and O–H groups in total. The summed E-state index contributed by atoms with van der Waals surface area (Å²) in [7, 11) is 0. The number of nitrogens with one attached hydrogen (secondary N) is 3. The molecule has 0 radical (unpaired) electrons. The molecular weight excluding hydrogens is 438 g/mol. The first-order chi connectivity index (χ1) is 17.2. The molecule has 9 heteroatoms. The predicted molar refractivity (Wildman–Crippen MR) is 139 cm³/mol. The van der Waals surface area contributed by atoms with Crippen LogP contribution in [-0.2, 0) is 6.42 Å². The Kier molecular flexibility index (Phi) is 6.86. The quantitative estimate of drug-likeness (QED) is 0.360. The molecule has 0 aromatic carbocycles. The van der Waals surface area contributed by atoms with Crippen molar-refractivity contribution >= 4 is 23.1 Å². The Labute approximate surface area is 204 Å². The molecule has 0 spiro atoms. The Bertz CT molecular complexity index is 1270. The molecule has 4 aromatic rings. The van der Waals surface area contributed by atoms with Crippen LogP contribution < -0.4 is 20.9 Å². The zero-order valence-corrected chi connectivity index (χ0v) is 19.4. The number of aromatic nitrogens is 5. The second-order valence-corrected chi connectivity index (χ2v) is 8.25. The number of rotatable bonds is 8. The smallest absolute Gasteiger partial charge is 0.150 e. The van der Waals surface area contributed by atoms with Crippen molar-refractivity contribution in [1.82, 2.24) is 30.2 Å². The highest BCUT2D eigenvalue weighted by molar-refractivity contribution is 5.72. The third-order valence-corrected chi connectivity index (χ3v) is 5.59. The van der Waals surface area contributed by atoms with E-state index in [1.807, 2.05) is 42.7 Å². The molecule has 1 aliphatic rings. The lowest BCUT2D eigenvalue weighted by molar-refractivity contribution is 0.585. The summed E-state index contributed by atoms with van der Waals surface area (Å²) < 4.78 is 0. The minimum absolute atomic E-state index is 0.619. The van der Waals surface area contributed by atoms with Gasteiger partial charge in [-0.15, -0.1) is 0 Å². The summed E-state index contributed by atoms with van der Waals surface area (Å²) in [4.78, 5) is 24.4. The Morgan fingerprint density at radius 3 is 2.63 bits per heavy atom. The average Bonchev–Trinajstić information content (AvgIpc) is 2.90. The first-order valence-electron chi connectivity index (χ1n) is 11.5. The van der Waals surface area contributed by atoms with Gasteiger partial charge in [0.25, 0.3) is 0 Å². The Morgan fingerprint density at radius 2 is 1.83 bits per heavy atom. The maximum absolute atomic E-state index is 4.86. The SMILES string of the molecule is C=C(Cc1cccnc1)Nc1cc(Nc2cnccn2)nc(-c2ccnc(N3CCNCC3)c2)c1. The van der Waals surface area contributed by atoms with E-state index in [0.29, 0.717) is 18.1 Å². The van der Waals surface area contributed by atoms with Crippen molar-refractivity contribution in [2.45, 2.75) is 6.42 Å². The lowest BCUT2D eigenvalue weighted by atomic mass is 10.1. The largest absolute Gasteiger partial charge is 0.359 e. The van der Waals surface area contributed by atoms with Gasteiger partial charge in [-0.1, -0.05) is 12.6 Å². The van der Waals surface area contributed by atoms with Gasteiger partial charge in [0.1, 0.15) is 17.5 Å². The van der Waals surface area contributed by atoms with Crippen molar-refractivity contribution in [2.75, 3.05) is 41.7 Å².